The molecule has 24 heavy (non-hydrogen) atoms. The van der Waals surface area contributed by atoms with Gasteiger partial charge in [0.2, 0.25) is 0 Å². The van der Waals surface area contributed by atoms with Crippen molar-refractivity contribution in [2.24, 2.45) is 0 Å². The van der Waals surface area contributed by atoms with Crippen LogP contribution < -0.4 is 0 Å². The van der Waals surface area contributed by atoms with E-state index in [1.807, 2.05) is 48.5 Å². The smallest absolute Gasteiger partial charge is 0.196 e. The summed E-state index contributed by atoms with van der Waals surface area (Å²) in [6, 6.07) is 20.2. The average molecular weight is 337 g/mol. The molecule has 0 aliphatic heterocycles. The number of Topliss-reactive ketones (excluding diaryl/α,β-unsaturated/α-hetero) is 1. The summed E-state index contributed by atoms with van der Waals surface area (Å²) in [6.07, 6.45) is 1.46. The zero-order valence-electron chi connectivity index (χ0n) is 13.6. The van der Waals surface area contributed by atoms with Crippen LogP contribution in [0.15, 0.2) is 65.8 Å². The molecule has 0 unspecified atom stereocenters. The molecule has 0 aliphatic rings. The van der Waals surface area contributed by atoms with Crippen molar-refractivity contribution < 1.29 is 4.79 Å². The Kier molecular flexibility index (Phi) is 5.43. The van der Waals surface area contributed by atoms with Crippen molar-refractivity contribution in [2.75, 3.05) is 5.75 Å². The number of ketones is 1. The van der Waals surface area contributed by atoms with E-state index in [1.165, 1.54) is 0 Å². The molecule has 0 spiro atoms. The molecule has 0 amide bonds. The fraction of sp³-hybridized carbons (Fsp3) is 0.211. The molecule has 1 aromatic heterocycles. The van der Waals surface area contributed by atoms with Crippen molar-refractivity contribution in [3.63, 3.8) is 0 Å². The number of carbonyl (C=O) groups is 1. The lowest BCUT2D eigenvalue weighted by Gasteiger charge is -2.10. The summed E-state index contributed by atoms with van der Waals surface area (Å²) in [7, 11) is 0. The normalized spacial score (nSPS) is 10.7. The summed E-state index contributed by atoms with van der Waals surface area (Å²) in [5, 5.41) is 9.63. The van der Waals surface area contributed by atoms with Gasteiger partial charge < -0.3 is 4.79 Å². The molecule has 1 heterocycles. The number of carbonyl (C=O) groups excluding carboxylic acids is 1. The molecule has 0 saturated carbocycles. The molecule has 0 radical (unpaired) electrons. The predicted molar refractivity (Wildman–Crippen MR) is 97.4 cm³/mol. The van der Waals surface area contributed by atoms with E-state index >= 15 is 0 Å². The molecule has 0 aliphatic carbocycles. The maximum atomic E-state index is 11.1. The number of thioether (sulfide) groups is 1. The van der Waals surface area contributed by atoms with Crippen molar-refractivity contribution in [3.8, 4) is 17.1 Å². The Labute approximate surface area is 145 Å². The molecule has 3 rings (SSSR count). The minimum atomic E-state index is 0.227. The van der Waals surface area contributed by atoms with Crippen molar-refractivity contribution in [1.82, 2.24) is 14.8 Å². The second-order valence-corrected chi connectivity index (χ2v) is 6.56. The van der Waals surface area contributed by atoms with E-state index in [4.69, 9.17) is 0 Å². The third kappa shape index (κ3) is 3.92. The number of aromatic nitrogens is 3. The average Bonchev–Trinajstić information content (AvgIpc) is 3.04. The van der Waals surface area contributed by atoms with E-state index in [9.17, 15) is 4.79 Å². The monoisotopic (exact) mass is 337 g/mol. The van der Waals surface area contributed by atoms with Crippen LogP contribution >= 0.6 is 11.8 Å². The topological polar surface area (TPSA) is 47.8 Å². The van der Waals surface area contributed by atoms with E-state index in [1.54, 1.807) is 18.7 Å². The summed E-state index contributed by atoms with van der Waals surface area (Å²) in [4.78, 5) is 11.1. The van der Waals surface area contributed by atoms with Crippen LogP contribution in [0.5, 0.6) is 0 Å². The molecule has 122 valence electrons. The van der Waals surface area contributed by atoms with Crippen LogP contribution in [0, 0.1) is 0 Å². The second-order valence-electron chi connectivity index (χ2n) is 5.50. The SMILES string of the molecule is CC(=O)CCCSc1nnc(-c2ccccc2)n1-c1ccccc1. The highest BCUT2D eigenvalue weighted by molar-refractivity contribution is 7.99. The molecular formula is C19H19N3OS. The van der Waals surface area contributed by atoms with Gasteiger partial charge in [0.25, 0.3) is 0 Å². The van der Waals surface area contributed by atoms with Crippen molar-refractivity contribution >= 4 is 17.5 Å². The van der Waals surface area contributed by atoms with Crippen molar-refractivity contribution in [2.45, 2.75) is 24.9 Å². The Morgan fingerprint density at radius 2 is 1.67 bits per heavy atom. The van der Waals surface area contributed by atoms with E-state index in [0.717, 1.165) is 34.4 Å². The van der Waals surface area contributed by atoms with Gasteiger partial charge in [-0.15, -0.1) is 10.2 Å². The maximum Gasteiger partial charge on any atom is 0.196 e. The lowest BCUT2D eigenvalue weighted by atomic mass is 10.2. The van der Waals surface area contributed by atoms with Gasteiger partial charge in [-0.05, 0) is 25.5 Å². The van der Waals surface area contributed by atoms with Crippen LogP contribution in [-0.2, 0) is 4.79 Å². The number of hydrogen-bond donors (Lipinski definition) is 0. The number of rotatable bonds is 7. The van der Waals surface area contributed by atoms with Gasteiger partial charge >= 0.3 is 0 Å². The molecule has 0 N–H and O–H groups in total. The fourth-order valence-electron chi connectivity index (χ4n) is 2.43. The van der Waals surface area contributed by atoms with Crippen molar-refractivity contribution in [1.29, 1.82) is 0 Å². The lowest BCUT2D eigenvalue weighted by molar-refractivity contribution is -0.117. The zero-order chi connectivity index (χ0) is 16.8. The molecular weight excluding hydrogens is 318 g/mol. The predicted octanol–water partition coefficient (Wildman–Crippen LogP) is 4.40. The fourth-order valence-corrected chi connectivity index (χ4v) is 3.32. The molecule has 5 heteroatoms. The summed E-state index contributed by atoms with van der Waals surface area (Å²) in [5.74, 6) is 1.90. The van der Waals surface area contributed by atoms with E-state index < -0.39 is 0 Å². The number of benzene rings is 2. The lowest BCUT2D eigenvalue weighted by Crippen LogP contribution is -2.00. The first-order valence-corrected chi connectivity index (χ1v) is 8.93. The van der Waals surface area contributed by atoms with Gasteiger partial charge in [0.1, 0.15) is 5.78 Å². The number of para-hydroxylation sites is 1. The Morgan fingerprint density at radius 3 is 2.33 bits per heavy atom. The summed E-state index contributed by atoms with van der Waals surface area (Å²) in [5.41, 5.74) is 2.07. The van der Waals surface area contributed by atoms with Gasteiger partial charge in [-0.25, -0.2) is 0 Å². The van der Waals surface area contributed by atoms with Crippen LogP contribution in [0.1, 0.15) is 19.8 Å². The van der Waals surface area contributed by atoms with E-state index in [-0.39, 0.29) is 5.78 Å². The standard InChI is InChI=1S/C19H19N3OS/c1-15(23)9-8-14-24-19-21-20-18(16-10-4-2-5-11-16)22(19)17-12-6-3-7-13-17/h2-7,10-13H,8-9,14H2,1H3. The van der Waals surface area contributed by atoms with Crippen LogP contribution in [0.25, 0.3) is 17.1 Å². The Bertz CT molecular complexity index is 800. The molecule has 4 nitrogen and oxygen atoms in total. The maximum absolute atomic E-state index is 11.1. The first-order valence-electron chi connectivity index (χ1n) is 7.94. The largest absolute Gasteiger partial charge is 0.300 e. The second kappa shape index (κ2) is 7.93. The molecule has 0 atom stereocenters. The Morgan fingerprint density at radius 1 is 1.00 bits per heavy atom. The van der Waals surface area contributed by atoms with E-state index in [2.05, 4.69) is 26.9 Å². The molecule has 2 aromatic carbocycles. The van der Waals surface area contributed by atoms with Gasteiger partial charge in [-0.1, -0.05) is 60.3 Å². The Balaban J connectivity index is 1.92. The summed E-state index contributed by atoms with van der Waals surface area (Å²) < 4.78 is 2.08. The highest BCUT2D eigenvalue weighted by atomic mass is 32.2. The van der Waals surface area contributed by atoms with Gasteiger partial charge in [0.15, 0.2) is 11.0 Å². The van der Waals surface area contributed by atoms with Gasteiger partial charge in [-0.2, -0.15) is 0 Å². The highest BCUT2D eigenvalue weighted by Crippen LogP contribution is 2.28. The Hall–Kier alpha value is -2.40. The van der Waals surface area contributed by atoms with Gasteiger partial charge in [0, 0.05) is 23.4 Å². The summed E-state index contributed by atoms with van der Waals surface area (Å²) >= 11 is 1.64. The first-order chi connectivity index (χ1) is 11.8. The molecule has 0 saturated heterocycles. The minimum Gasteiger partial charge on any atom is -0.300 e. The molecule has 0 bridgehead atoms. The highest BCUT2D eigenvalue weighted by Gasteiger charge is 2.15. The quantitative estimate of drug-likeness (QED) is 0.474. The zero-order valence-corrected chi connectivity index (χ0v) is 14.4. The van der Waals surface area contributed by atoms with E-state index in [0.29, 0.717) is 6.42 Å². The van der Waals surface area contributed by atoms with Crippen LogP contribution in [0.4, 0.5) is 0 Å². The van der Waals surface area contributed by atoms with Crippen molar-refractivity contribution in [3.05, 3.63) is 60.7 Å². The van der Waals surface area contributed by atoms with Crippen LogP contribution in [0.2, 0.25) is 0 Å². The van der Waals surface area contributed by atoms with Gasteiger partial charge in [-0.3, -0.25) is 4.57 Å². The van der Waals surface area contributed by atoms with Gasteiger partial charge in [0.05, 0.1) is 0 Å². The number of hydrogen-bond acceptors (Lipinski definition) is 4. The molecule has 0 fully saturated rings. The third-order valence-corrected chi connectivity index (χ3v) is 4.60. The van der Waals surface area contributed by atoms with Crippen LogP contribution in [-0.4, -0.2) is 26.3 Å². The minimum absolute atomic E-state index is 0.227. The number of nitrogens with zero attached hydrogens (tertiary/aromatic N) is 3. The molecule has 3 aromatic rings. The third-order valence-electron chi connectivity index (χ3n) is 3.58. The van der Waals surface area contributed by atoms with Crippen LogP contribution in [0.3, 0.4) is 0 Å². The summed E-state index contributed by atoms with van der Waals surface area (Å²) in [6.45, 7) is 1.63. The first kappa shape index (κ1) is 16.5.